The first-order valence-electron chi connectivity index (χ1n) is 8.14. The van der Waals surface area contributed by atoms with E-state index in [1.807, 2.05) is 0 Å². The van der Waals surface area contributed by atoms with Gasteiger partial charge in [0, 0.05) is 0 Å². The lowest BCUT2D eigenvalue weighted by Gasteiger charge is -2.14. The number of hydrogen-bond donors (Lipinski definition) is 2. The van der Waals surface area contributed by atoms with Gasteiger partial charge >= 0.3 is 0 Å². The summed E-state index contributed by atoms with van der Waals surface area (Å²) in [6.45, 7) is 5.08. The highest BCUT2D eigenvalue weighted by Gasteiger charge is 2.07. The van der Waals surface area contributed by atoms with Crippen molar-refractivity contribution in [3.8, 4) is 0 Å². The van der Waals surface area contributed by atoms with E-state index in [1.54, 1.807) is 0 Å². The minimum Gasteiger partial charge on any atom is -0.391 e. The van der Waals surface area contributed by atoms with Crippen molar-refractivity contribution in [2.24, 2.45) is 0 Å². The summed E-state index contributed by atoms with van der Waals surface area (Å²) in [7, 11) is 0. The zero-order valence-corrected chi connectivity index (χ0v) is 12.9. The number of aliphatic hydroxyl groups excluding tert-OH is 2. The molecule has 0 aromatic heterocycles. The van der Waals surface area contributed by atoms with Gasteiger partial charge in [-0.2, -0.15) is 0 Å². The molecule has 0 aliphatic heterocycles. The second-order valence-electron chi connectivity index (χ2n) is 5.54. The molecule has 0 fully saturated rings. The summed E-state index contributed by atoms with van der Waals surface area (Å²) >= 11 is 0. The molecule has 2 N–H and O–H groups in total. The van der Waals surface area contributed by atoms with Crippen LogP contribution in [0.5, 0.6) is 0 Å². The van der Waals surface area contributed by atoms with Crippen molar-refractivity contribution in [1.29, 1.82) is 0 Å². The Kier molecular flexibility index (Phi) is 14.2. The van der Waals surface area contributed by atoms with Crippen LogP contribution in [-0.4, -0.2) is 35.6 Å². The molecule has 3 heteroatoms. The Morgan fingerprint density at radius 3 is 1.47 bits per heavy atom. The Balaban J connectivity index is 3.30. The van der Waals surface area contributed by atoms with Gasteiger partial charge in [0.2, 0.25) is 0 Å². The highest BCUT2D eigenvalue weighted by atomic mass is 16.5. The monoisotopic (exact) mass is 274 g/mol. The van der Waals surface area contributed by atoms with Crippen LogP contribution in [-0.2, 0) is 4.74 Å². The van der Waals surface area contributed by atoms with E-state index in [-0.39, 0.29) is 12.2 Å². The molecule has 0 aliphatic rings. The Hall–Kier alpha value is -0.120. The van der Waals surface area contributed by atoms with Crippen LogP contribution in [0.15, 0.2) is 0 Å². The third kappa shape index (κ3) is 14.1. The lowest BCUT2D eigenvalue weighted by Crippen LogP contribution is -2.21. The zero-order valence-electron chi connectivity index (χ0n) is 12.9. The van der Waals surface area contributed by atoms with Gasteiger partial charge in [-0.3, -0.25) is 0 Å². The van der Waals surface area contributed by atoms with E-state index < -0.39 is 0 Å². The van der Waals surface area contributed by atoms with Gasteiger partial charge in [-0.25, -0.2) is 0 Å². The van der Waals surface area contributed by atoms with Crippen molar-refractivity contribution in [2.45, 2.75) is 90.3 Å². The lowest BCUT2D eigenvalue weighted by atomic mass is 10.1. The van der Waals surface area contributed by atoms with Gasteiger partial charge in [0.05, 0.1) is 25.4 Å². The number of aliphatic hydroxyl groups is 2. The molecule has 2 unspecified atom stereocenters. The van der Waals surface area contributed by atoms with Gasteiger partial charge < -0.3 is 14.9 Å². The summed E-state index contributed by atoms with van der Waals surface area (Å²) in [5.74, 6) is 0. The maximum absolute atomic E-state index is 9.70. The van der Waals surface area contributed by atoms with E-state index in [4.69, 9.17) is 4.74 Å². The van der Waals surface area contributed by atoms with Gasteiger partial charge in [0.25, 0.3) is 0 Å². The van der Waals surface area contributed by atoms with Crippen molar-refractivity contribution in [1.82, 2.24) is 0 Å². The molecule has 0 spiro atoms. The molecule has 0 aromatic rings. The molecule has 19 heavy (non-hydrogen) atoms. The van der Waals surface area contributed by atoms with Crippen molar-refractivity contribution in [2.75, 3.05) is 13.2 Å². The van der Waals surface area contributed by atoms with Crippen LogP contribution in [0.4, 0.5) is 0 Å². The normalized spacial score (nSPS) is 14.5. The predicted molar refractivity (Wildman–Crippen MR) is 80.4 cm³/mol. The summed E-state index contributed by atoms with van der Waals surface area (Å²) in [5.41, 5.74) is 0. The summed E-state index contributed by atoms with van der Waals surface area (Å²) in [6, 6.07) is 0. The molecule has 0 aromatic carbocycles. The first kappa shape index (κ1) is 18.9. The molecule has 3 nitrogen and oxygen atoms in total. The number of ether oxygens (including phenoxy) is 1. The molecular formula is C16H34O3. The zero-order chi connectivity index (χ0) is 14.3. The Labute approximate surface area is 119 Å². The second-order valence-corrected chi connectivity index (χ2v) is 5.54. The fraction of sp³-hybridized carbons (Fsp3) is 1.00. The van der Waals surface area contributed by atoms with Crippen LogP contribution in [0.1, 0.15) is 78.1 Å². The summed E-state index contributed by atoms with van der Waals surface area (Å²) in [6.07, 6.45) is 10.3. The quantitative estimate of drug-likeness (QED) is 0.475. The van der Waals surface area contributed by atoms with E-state index in [9.17, 15) is 10.2 Å². The van der Waals surface area contributed by atoms with E-state index in [0.717, 1.165) is 25.7 Å². The van der Waals surface area contributed by atoms with Crippen LogP contribution in [0.25, 0.3) is 0 Å². The van der Waals surface area contributed by atoms with E-state index >= 15 is 0 Å². The maximum Gasteiger partial charge on any atom is 0.0773 e. The number of rotatable bonds is 14. The molecule has 0 aliphatic carbocycles. The molecular weight excluding hydrogens is 240 g/mol. The smallest absolute Gasteiger partial charge is 0.0773 e. The third-order valence-electron chi connectivity index (χ3n) is 3.40. The lowest BCUT2D eigenvalue weighted by molar-refractivity contribution is -0.0129. The molecule has 0 rings (SSSR count). The van der Waals surface area contributed by atoms with Crippen molar-refractivity contribution < 1.29 is 14.9 Å². The van der Waals surface area contributed by atoms with E-state index in [1.165, 1.54) is 38.5 Å². The fourth-order valence-corrected chi connectivity index (χ4v) is 2.12. The highest BCUT2D eigenvalue weighted by molar-refractivity contribution is 4.58. The van der Waals surface area contributed by atoms with Crippen molar-refractivity contribution >= 4 is 0 Å². The maximum atomic E-state index is 9.70. The molecule has 0 bridgehead atoms. The van der Waals surface area contributed by atoms with Crippen LogP contribution in [0.3, 0.4) is 0 Å². The van der Waals surface area contributed by atoms with Crippen molar-refractivity contribution in [3.05, 3.63) is 0 Å². The SMILES string of the molecule is CCCCCCC(O)COCC(O)CCCCCC. The van der Waals surface area contributed by atoms with Crippen molar-refractivity contribution in [3.63, 3.8) is 0 Å². The second kappa shape index (κ2) is 14.3. The summed E-state index contributed by atoms with van der Waals surface area (Å²) in [5, 5.41) is 19.4. The number of unbranched alkanes of at least 4 members (excludes halogenated alkanes) is 6. The van der Waals surface area contributed by atoms with E-state index in [2.05, 4.69) is 13.8 Å². The van der Waals surface area contributed by atoms with Gasteiger partial charge in [0.15, 0.2) is 0 Å². The van der Waals surface area contributed by atoms with Gasteiger partial charge in [0.1, 0.15) is 0 Å². The molecule has 2 atom stereocenters. The van der Waals surface area contributed by atoms with Crippen LogP contribution in [0.2, 0.25) is 0 Å². The Bertz CT molecular complexity index is 155. The van der Waals surface area contributed by atoms with E-state index in [0.29, 0.717) is 13.2 Å². The number of hydrogen-bond acceptors (Lipinski definition) is 3. The predicted octanol–water partition coefficient (Wildman–Crippen LogP) is 3.67. The fourth-order valence-electron chi connectivity index (χ4n) is 2.12. The summed E-state index contributed by atoms with van der Waals surface area (Å²) in [4.78, 5) is 0. The molecule has 0 amide bonds. The Morgan fingerprint density at radius 1 is 0.684 bits per heavy atom. The van der Waals surface area contributed by atoms with Gasteiger partial charge in [-0.05, 0) is 12.8 Å². The highest BCUT2D eigenvalue weighted by Crippen LogP contribution is 2.08. The van der Waals surface area contributed by atoms with Gasteiger partial charge in [-0.1, -0.05) is 65.2 Å². The standard InChI is InChI=1S/C16H34O3/c1-3-5-7-9-11-15(17)13-19-14-16(18)12-10-8-6-4-2/h15-18H,3-14H2,1-2H3. The molecule has 0 radical (unpaired) electrons. The molecule has 0 saturated heterocycles. The average Bonchev–Trinajstić information content (AvgIpc) is 2.40. The minimum atomic E-state index is -0.371. The first-order chi connectivity index (χ1) is 9.20. The minimum absolute atomic E-state index is 0.359. The van der Waals surface area contributed by atoms with Crippen LogP contribution < -0.4 is 0 Å². The van der Waals surface area contributed by atoms with Crippen LogP contribution in [0, 0.1) is 0 Å². The molecule has 0 heterocycles. The largest absolute Gasteiger partial charge is 0.391 e. The molecule has 0 saturated carbocycles. The summed E-state index contributed by atoms with van der Waals surface area (Å²) < 4.78 is 5.37. The topological polar surface area (TPSA) is 49.7 Å². The first-order valence-corrected chi connectivity index (χ1v) is 8.14. The molecule has 116 valence electrons. The van der Waals surface area contributed by atoms with Gasteiger partial charge in [-0.15, -0.1) is 0 Å². The Morgan fingerprint density at radius 2 is 1.11 bits per heavy atom. The average molecular weight is 274 g/mol. The van der Waals surface area contributed by atoms with Crippen LogP contribution >= 0.6 is 0 Å². The third-order valence-corrected chi connectivity index (χ3v) is 3.40.